The van der Waals surface area contributed by atoms with E-state index in [9.17, 15) is 19.8 Å². The summed E-state index contributed by atoms with van der Waals surface area (Å²) in [4.78, 5) is 29.1. The Morgan fingerprint density at radius 2 is 2.07 bits per heavy atom. The first kappa shape index (κ1) is 21.1. The first-order valence-corrected chi connectivity index (χ1v) is 11.5. The molecule has 162 valence electrons. The summed E-state index contributed by atoms with van der Waals surface area (Å²) in [7, 11) is 0. The van der Waals surface area contributed by atoms with Gasteiger partial charge in [0.05, 0.1) is 18.1 Å². The van der Waals surface area contributed by atoms with Crippen LogP contribution in [0.3, 0.4) is 0 Å². The standard InChI is InChI=1S/C20H32N4O4S/c1-10-16-15(11(2)25)19(26)24(16)17(20(27)28)18(10)29-14-7-13(22-8-14)9-23-5-3-12(21)4-6-23/h10-16,22,25H,3-9,21H2,1-2H3,(H,27,28)/t10-,11-,13+,14+,15-,16-/m1/s1. The smallest absolute Gasteiger partial charge is 0.353 e. The number of nitrogens with two attached hydrogens (primary N) is 1. The van der Waals surface area contributed by atoms with Crippen LogP contribution in [0.5, 0.6) is 0 Å². The number of hydrogen-bond acceptors (Lipinski definition) is 7. The largest absolute Gasteiger partial charge is 0.477 e. The summed E-state index contributed by atoms with van der Waals surface area (Å²) < 4.78 is 0. The van der Waals surface area contributed by atoms with Crippen molar-refractivity contribution in [3.05, 3.63) is 10.6 Å². The Balaban J connectivity index is 1.40. The molecule has 0 radical (unpaired) electrons. The van der Waals surface area contributed by atoms with Gasteiger partial charge >= 0.3 is 5.97 Å². The first-order chi connectivity index (χ1) is 13.8. The van der Waals surface area contributed by atoms with Crippen LogP contribution in [0.2, 0.25) is 0 Å². The van der Waals surface area contributed by atoms with Crippen LogP contribution < -0.4 is 11.1 Å². The summed E-state index contributed by atoms with van der Waals surface area (Å²) in [6, 6.07) is 0.491. The number of carbonyl (C=O) groups excluding carboxylic acids is 1. The minimum Gasteiger partial charge on any atom is -0.477 e. The minimum absolute atomic E-state index is 0.0639. The van der Waals surface area contributed by atoms with Crippen molar-refractivity contribution in [1.82, 2.24) is 15.1 Å². The van der Waals surface area contributed by atoms with E-state index in [-0.39, 0.29) is 28.8 Å². The van der Waals surface area contributed by atoms with Crippen molar-refractivity contribution >= 4 is 23.6 Å². The molecule has 0 aliphatic carbocycles. The molecule has 1 amide bonds. The number of amides is 1. The molecule has 5 N–H and O–H groups in total. The maximum atomic E-state index is 12.5. The fourth-order valence-corrected chi connectivity index (χ4v) is 6.83. The Morgan fingerprint density at radius 1 is 1.38 bits per heavy atom. The number of carbonyl (C=O) groups is 2. The highest BCUT2D eigenvalue weighted by atomic mass is 32.2. The molecule has 0 unspecified atom stereocenters. The van der Waals surface area contributed by atoms with E-state index in [1.807, 2.05) is 6.92 Å². The molecular formula is C20H32N4O4S. The number of fused-ring (bicyclic) bond motifs is 1. The Hall–Kier alpha value is -1.13. The molecule has 0 aromatic heterocycles. The van der Waals surface area contributed by atoms with E-state index in [2.05, 4.69) is 10.2 Å². The molecule has 8 nitrogen and oxygen atoms in total. The number of thioether (sulfide) groups is 1. The van der Waals surface area contributed by atoms with Gasteiger partial charge in [0.2, 0.25) is 5.91 Å². The number of aliphatic hydroxyl groups is 1. The van der Waals surface area contributed by atoms with Crippen molar-refractivity contribution in [3.63, 3.8) is 0 Å². The average molecular weight is 425 g/mol. The molecule has 0 saturated carbocycles. The molecule has 9 heteroatoms. The zero-order valence-electron chi connectivity index (χ0n) is 17.1. The predicted molar refractivity (Wildman–Crippen MR) is 111 cm³/mol. The SMILES string of the molecule is C[C@@H](O)[C@H]1C(=O)N2C(C(=O)O)=C(S[C@@H]3CN[C@H](CN4CCC(N)CC4)C3)[C@H](C)[C@H]12. The van der Waals surface area contributed by atoms with Crippen molar-refractivity contribution in [2.45, 2.75) is 62.6 Å². The Bertz CT molecular complexity index is 707. The summed E-state index contributed by atoms with van der Waals surface area (Å²) >= 11 is 1.61. The Morgan fingerprint density at radius 3 is 2.69 bits per heavy atom. The van der Waals surface area contributed by atoms with Gasteiger partial charge in [-0.3, -0.25) is 4.79 Å². The van der Waals surface area contributed by atoms with Gasteiger partial charge < -0.3 is 31.1 Å². The lowest BCUT2D eigenvalue weighted by Crippen LogP contribution is -2.63. The Labute approximate surface area is 175 Å². The number of aliphatic hydroxyl groups excluding tert-OH is 1. The normalized spacial score (nSPS) is 37.0. The molecule has 29 heavy (non-hydrogen) atoms. The molecule has 4 aliphatic heterocycles. The van der Waals surface area contributed by atoms with Crippen LogP contribution in [-0.2, 0) is 9.59 Å². The van der Waals surface area contributed by atoms with Crippen LogP contribution in [0.1, 0.15) is 33.1 Å². The highest BCUT2D eigenvalue weighted by Crippen LogP contribution is 2.51. The third-order valence-electron chi connectivity index (χ3n) is 6.90. The molecule has 6 atom stereocenters. The second kappa shape index (κ2) is 8.19. The highest BCUT2D eigenvalue weighted by Gasteiger charge is 2.60. The molecule has 0 bridgehead atoms. The fourth-order valence-electron chi connectivity index (χ4n) is 5.32. The van der Waals surface area contributed by atoms with Crippen molar-refractivity contribution in [1.29, 1.82) is 0 Å². The summed E-state index contributed by atoms with van der Waals surface area (Å²) in [6.45, 7) is 7.52. The fraction of sp³-hybridized carbons (Fsp3) is 0.800. The molecular weight excluding hydrogens is 392 g/mol. The molecule has 4 rings (SSSR count). The number of nitrogens with one attached hydrogen (secondary N) is 1. The number of nitrogens with zero attached hydrogens (tertiary/aromatic N) is 2. The van der Waals surface area contributed by atoms with Crippen molar-refractivity contribution in [2.75, 3.05) is 26.2 Å². The van der Waals surface area contributed by atoms with Gasteiger partial charge in [-0.1, -0.05) is 6.92 Å². The van der Waals surface area contributed by atoms with Gasteiger partial charge in [0.1, 0.15) is 5.70 Å². The van der Waals surface area contributed by atoms with Crippen LogP contribution in [0.15, 0.2) is 10.6 Å². The van der Waals surface area contributed by atoms with Gasteiger partial charge in [-0.25, -0.2) is 4.79 Å². The lowest BCUT2D eigenvalue weighted by atomic mass is 9.79. The van der Waals surface area contributed by atoms with E-state index in [1.54, 1.807) is 18.7 Å². The van der Waals surface area contributed by atoms with Crippen molar-refractivity contribution in [2.24, 2.45) is 17.6 Å². The number of piperidine rings is 1. The maximum Gasteiger partial charge on any atom is 0.353 e. The van der Waals surface area contributed by atoms with E-state index in [0.29, 0.717) is 12.1 Å². The van der Waals surface area contributed by atoms with Gasteiger partial charge in [-0.15, -0.1) is 11.8 Å². The number of rotatable bonds is 6. The third kappa shape index (κ3) is 3.83. The van der Waals surface area contributed by atoms with Gasteiger partial charge in [-0.05, 0) is 39.3 Å². The van der Waals surface area contributed by atoms with E-state index in [0.717, 1.165) is 50.3 Å². The van der Waals surface area contributed by atoms with E-state index >= 15 is 0 Å². The summed E-state index contributed by atoms with van der Waals surface area (Å²) in [5.41, 5.74) is 6.12. The summed E-state index contributed by atoms with van der Waals surface area (Å²) in [5, 5.41) is 23.6. The lowest BCUT2D eigenvalue weighted by Gasteiger charge is -2.46. The van der Waals surface area contributed by atoms with Crippen LogP contribution in [0.25, 0.3) is 0 Å². The van der Waals surface area contributed by atoms with Gasteiger partial charge in [-0.2, -0.15) is 0 Å². The van der Waals surface area contributed by atoms with Crippen LogP contribution in [-0.4, -0.2) is 87.5 Å². The molecule has 3 saturated heterocycles. The minimum atomic E-state index is -1.05. The van der Waals surface area contributed by atoms with Crippen molar-refractivity contribution < 1.29 is 19.8 Å². The number of likely N-dealkylation sites (tertiary alicyclic amines) is 1. The van der Waals surface area contributed by atoms with E-state index in [4.69, 9.17) is 5.73 Å². The van der Waals surface area contributed by atoms with Crippen molar-refractivity contribution in [3.8, 4) is 0 Å². The van der Waals surface area contributed by atoms with Crippen LogP contribution in [0.4, 0.5) is 0 Å². The number of aliphatic carboxylic acids is 1. The zero-order valence-corrected chi connectivity index (χ0v) is 17.9. The number of β-lactam (4-membered cyclic amide) rings is 1. The molecule has 0 aromatic rings. The van der Waals surface area contributed by atoms with E-state index < -0.39 is 18.0 Å². The van der Waals surface area contributed by atoms with Crippen LogP contribution >= 0.6 is 11.8 Å². The van der Waals surface area contributed by atoms with E-state index in [1.165, 1.54) is 4.90 Å². The number of carboxylic acid groups (broad SMARTS) is 1. The lowest BCUT2D eigenvalue weighted by molar-refractivity contribution is -0.163. The predicted octanol–water partition coefficient (Wildman–Crippen LogP) is 0.0269. The monoisotopic (exact) mass is 424 g/mol. The highest BCUT2D eigenvalue weighted by molar-refractivity contribution is 8.03. The molecule has 4 heterocycles. The second-order valence-electron chi connectivity index (χ2n) is 8.99. The molecule has 0 spiro atoms. The maximum absolute atomic E-state index is 12.5. The summed E-state index contributed by atoms with van der Waals surface area (Å²) in [6.07, 6.45) is 2.31. The zero-order chi connectivity index (χ0) is 20.9. The second-order valence-corrected chi connectivity index (χ2v) is 10.3. The van der Waals surface area contributed by atoms with Crippen LogP contribution in [0, 0.1) is 11.8 Å². The average Bonchev–Trinajstić information content (AvgIpc) is 3.18. The first-order valence-electron chi connectivity index (χ1n) is 10.6. The molecule has 0 aromatic carbocycles. The number of hydrogen-bond donors (Lipinski definition) is 4. The molecule has 4 aliphatic rings. The van der Waals surface area contributed by atoms with Gasteiger partial charge in [0.25, 0.3) is 0 Å². The van der Waals surface area contributed by atoms with Gasteiger partial charge in [0, 0.05) is 41.2 Å². The molecule has 3 fully saturated rings. The topological polar surface area (TPSA) is 119 Å². The summed E-state index contributed by atoms with van der Waals surface area (Å²) in [5.74, 6) is -1.88. The van der Waals surface area contributed by atoms with Gasteiger partial charge in [0.15, 0.2) is 0 Å². The Kier molecular flexibility index (Phi) is 5.96. The third-order valence-corrected chi connectivity index (χ3v) is 8.41. The number of carboxylic acids is 1. The quantitative estimate of drug-likeness (QED) is 0.441.